The van der Waals surface area contributed by atoms with Crippen LogP contribution < -0.4 is 0 Å². The maximum atomic E-state index is 13.5. The van der Waals surface area contributed by atoms with Gasteiger partial charge in [0.1, 0.15) is 5.52 Å². The summed E-state index contributed by atoms with van der Waals surface area (Å²) in [6.45, 7) is 4.79. The molecule has 0 aromatic carbocycles. The van der Waals surface area contributed by atoms with Crippen LogP contribution >= 0.6 is 0 Å². The first-order chi connectivity index (χ1) is 15.3. The number of carbonyl (C=O) groups is 1. The van der Waals surface area contributed by atoms with Crippen LogP contribution in [-0.4, -0.2) is 36.2 Å². The van der Waals surface area contributed by atoms with Crippen molar-refractivity contribution < 1.29 is 9.90 Å². The van der Waals surface area contributed by atoms with Gasteiger partial charge in [-0.3, -0.25) is 9.48 Å². The molecule has 4 aliphatic carbocycles. The number of ketones is 1. The number of Topliss-reactive ketones (excluding diaryl/α,β-unsaturated/α-hetero) is 1. The molecule has 172 valence electrons. The first-order valence-electron chi connectivity index (χ1n) is 12.7. The van der Waals surface area contributed by atoms with Crippen molar-refractivity contribution in [3.63, 3.8) is 0 Å². The van der Waals surface area contributed by atoms with E-state index in [1.807, 2.05) is 13.1 Å². The van der Waals surface area contributed by atoms with Gasteiger partial charge in [-0.15, -0.1) is 0 Å². The molecule has 1 N–H and O–H groups in total. The minimum atomic E-state index is -0.454. The average molecular weight is 437 g/mol. The number of fused-ring (bicyclic) bond motifs is 6. The highest BCUT2D eigenvalue weighted by Crippen LogP contribution is 2.64. The molecule has 0 unspecified atom stereocenters. The zero-order valence-electron chi connectivity index (χ0n) is 19.4. The third-order valence-electron chi connectivity index (χ3n) is 10.1. The molecule has 0 bridgehead atoms. The quantitative estimate of drug-likeness (QED) is 0.771. The lowest BCUT2D eigenvalue weighted by Gasteiger charge is -2.56. The number of hydrogen-bond acceptors (Lipinski definition) is 5. The van der Waals surface area contributed by atoms with Crippen molar-refractivity contribution in [2.24, 2.45) is 40.9 Å². The number of rotatable bonds is 3. The molecular weight excluding hydrogens is 400 g/mol. The number of hydrogen-bond donors (Lipinski definition) is 1. The van der Waals surface area contributed by atoms with Gasteiger partial charge in [-0.25, -0.2) is 9.97 Å². The molecule has 32 heavy (non-hydrogen) atoms. The van der Waals surface area contributed by atoms with Crippen molar-refractivity contribution in [3.05, 3.63) is 18.6 Å². The van der Waals surface area contributed by atoms with E-state index in [0.717, 1.165) is 42.5 Å². The molecule has 2 aromatic heterocycles. The lowest BCUT2D eigenvalue weighted by Crippen LogP contribution is -2.51. The maximum absolute atomic E-state index is 13.5. The summed E-state index contributed by atoms with van der Waals surface area (Å²) in [4.78, 5) is 22.0. The SMILES string of the molecule is C[C@@]1(O)CC[C@H]2[C@H](CC[C@@H]3[C@@H]2CC[C@]2(C)[C@@H](C(=O)Cn4cc5nccnc5n4)CC[C@@H]32)C1. The van der Waals surface area contributed by atoms with Crippen molar-refractivity contribution in [3.8, 4) is 0 Å². The Balaban J connectivity index is 1.18. The Kier molecular flexibility index (Phi) is 4.76. The van der Waals surface area contributed by atoms with E-state index in [2.05, 4.69) is 22.0 Å². The van der Waals surface area contributed by atoms with E-state index >= 15 is 0 Å². The van der Waals surface area contributed by atoms with Gasteiger partial charge in [0, 0.05) is 18.3 Å². The van der Waals surface area contributed by atoms with E-state index in [0.29, 0.717) is 29.8 Å². The molecule has 4 fully saturated rings. The molecule has 6 heteroatoms. The second-order valence-electron chi connectivity index (χ2n) is 11.9. The Hall–Kier alpha value is -1.82. The summed E-state index contributed by atoms with van der Waals surface area (Å²) in [5.41, 5.74) is 1.04. The van der Waals surface area contributed by atoms with Crippen LogP contribution in [0.4, 0.5) is 0 Å². The molecule has 2 heterocycles. The zero-order valence-corrected chi connectivity index (χ0v) is 19.4. The molecule has 6 rings (SSSR count). The second kappa shape index (κ2) is 7.34. The summed E-state index contributed by atoms with van der Waals surface area (Å²) >= 11 is 0. The van der Waals surface area contributed by atoms with Gasteiger partial charge in [0.05, 0.1) is 18.3 Å². The highest BCUT2D eigenvalue weighted by Gasteiger charge is 2.58. The van der Waals surface area contributed by atoms with Crippen molar-refractivity contribution in [1.82, 2.24) is 19.7 Å². The third kappa shape index (κ3) is 3.24. The first-order valence-corrected chi connectivity index (χ1v) is 12.7. The predicted molar refractivity (Wildman–Crippen MR) is 122 cm³/mol. The highest BCUT2D eigenvalue weighted by molar-refractivity contribution is 5.82. The topological polar surface area (TPSA) is 80.9 Å². The highest BCUT2D eigenvalue weighted by atomic mass is 16.3. The Morgan fingerprint density at radius 2 is 1.84 bits per heavy atom. The molecule has 0 spiro atoms. The summed E-state index contributed by atoms with van der Waals surface area (Å²) < 4.78 is 1.74. The molecule has 8 atom stereocenters. The Morgan fingerprint density at radius 1 is 1.03 bits per heavy atom. The van der Waals surface area contributed by atoms with Crippen LogP contribution in [0.5, 0.6) is 0 Å². The van der Waals surface area contributed by atoms with Crippen molar-refractivity contribution >= 4 is 16.9 Å². The van der Waals surface area contributed by atoms with Gasteiger partial charge in [-0.1, -0.05) is 6.92 Å². The van der Waals surface area contributed by atoms with E-state index in [1.54, 1.807) is 17.1 Å². The molecule has 0 amide bonds. The Bertz CT molecular complexity index is 999. The fraction of sp³-hybridized carbons (Fsp3) is 0.769. The maximum Gasteiger partial charge on any atom is 0.199 e. The summed E-state index contributed by atoms with van der Waals surface area (Å²) in [5.74, 6) is 4.25. The van der Waals surface area contributed by atoms with Crippen LogP contribution in [0.15, 0.2) is 18.6 Å². The van der Waals surface area contributed by atoms with Gasteiger partial charge in [-0.2, -0.15) is 5.10 Å². The second-order valence-corrected chi connectivity index (χ2v) is 11.9. The summed E-state index contributed by atoms with van der Waals surface area (Å²) in [6.07, 6.45) is 15.6. The van der Waals surface area contributed by atoms with E-state index in [9.17, 15) is 9.90 Å². The van der Waals surface area contributed by atoms with Crippen LogP contribution in [0, 0.1) is 40.9 Å². The molecule has 4 saturated carbocycles. The standard InChI is InChI=1S/C26H36N4O2/c1-25(32)9-7-17-16(13-25)3-4-19-18(17)8-10-26(2)20(19)5-6-21(26)23(31)15-30-14-22-24(29-30)28-12-11-27-22/h11-12,14,16-21,32H,3-10,13,15H2,1-2H3/t16-,17+,18-,19-,20+,21-,25-,26+/m1/s1. The van der Waals surface area contributed by atoms with Gasteiger partial charge in [0.2, 0.25) is 0 Å². The minimum absolute atomic E-state index is 0.133. The van der Waals surface area contributed by atoms with Crippen LogP contribution in [0.3, 0.4) is 0 Å². The fourth-order valence-electron chi connectivity index (χ4n) is 8.76. The van der Waals surface area contributed by atoms with Gasteiger partial charge in [0.25, 0.3) is 0 Å². The van der Waals surface area contributed by atoms with Crippen LogP contribution in [0.1, 0.15) is 71.6 Å². The number of carbonyl (C=O) groups excluding carboxylic acids is 1. The Labute approximate surface area is 190 Å². The van der Waals surface area contributed by atoms with Crippen molar-refractivity contribution in [1.29, 1.82) is 0 Å². The van der Waals surface area contributed by atoms with E-state index < -0.39 is 5.60 Å². The summed E-state index contributed by atoms with van der Waals surface area (Å²) in [7, 11) is 0. The smallest absolute Gasteiger partial charge is 0.199 e. The van der Waals surface area contributed by atoms with Crippen LogP contribution in [0.25, 0.3) is 11.2 Å². The van der Waals surface area contributed by atoms with Gasteiger partial charge < -0.3 is 5.11 Å². The van der Waals surface area contributed by atoms with Crippen LogP contribution in [0.2, 0.25) is 0 Å². The monoisotopic (exact) mass is 436 g/mol. The minimum Gasteiger partial charge on any atom is -0.390 e. The first kappa shape index (κ1) is 20.8. The molecule has 4 aliphatic rings. The normalized spacial score (nSPS) is 43.5. The average Bonchev–Trinajstić information content (AvgIpc) is 3.32. The Morgan fingerprint density at radius 3 is 2.69 bits per heavy atom. The summed E-state index contributed by atoms with van der Waals surface area (Å²) in [5, 5.41) is 15.1. The van der Waals surface area contributed by atoms with Gasteiger partial charge in [0.15, 0.2) is 11.4 Å². The third-order valence-corrected chi connectivity index (χ3v) is 10.1. The molecule has 0 saturated heterocycles. The van der Waals surface area contributed by atoms with Gasteiger partial charge >= 0.3 is 0 Å². The predicted octanol–water partition coefficient (Wildman–Crippen LogP) is 4.42. The van der Waals surface area contributed by atoms with Crippen molar-refractivity contribution in [2.45, 2.75) is 83.8 Å². The lowest BCUT2D eigenvalue weighted by atomic mass is 9.49. The van der Waals surface area contributed by atoms with E-state index in [1.165, 1.54) is 38.5 Å². The van der Waals surface area contributed by atoms with Crippen molar-refractivity contribution in [2.75, 3.05) is 0 Å². The molecular formula is C26H36N4O2. The molecule has 0 radical (unpaired) electrons. The van der Waals surface area contributed by atoms with Gasteiger partial charge in [-0.05, 0) is 99.7 Å². The van der Waals surface area contributed by atoms with Crippen LogP contribution in [-0.2, 0) is 11.3 Å². The van der Waals surface area contributed by atoms with E-state index in [4.69, 9.17) is 0 Å². The molecule has 0 aliphatic heterocycles. The molecule has 6 nitrogen and oxygen atoms in total. The van der Waals surface area contributed by atoms with E-state index in [-0.39, 0.29) is 11.3 Å². The largest absolute Gasteiger partial charge is 0.390 e. The number of nitrogens with zero attached hydrogens (tertiary/aromatic N) is 4. The fourth-order valence-corrected chi connectivity index (χ4v) is 8.76. The number of aliphatic hydroxyl groups is 1. The number of aromatic nitrogens is 4. The zero-order chi connectivity index (χ0) is 22.1. The summed E-state index contributed by atoms with van der Waals surface area (Å²) in [6, 6.07) is 0. The molecule has 2 aromatic rings. The lowest BCUT2D eigenvalue weighted by molar-refractivity contribution is -0.133.